The van der Waals surface area contributed by atoms with Gasteiger partial charge in [-0.1, -0.05) is 78.4 Å². The predicted octanol–water partition coefficient (Wildman–Crippen LogP) is 6.52. The van der Waals surface area contributed by atoms with Crippen LogP contribution in [0.4, 0.5) is 11.6 Å². The van der Waals surface area contributed by atoms with Gasteiger partial charge >= 0.3 is 0 Å². The number of likely N-dealkylation sites (tertiary alicyclic amines) is 1. The molecule has 3 N–H and O–H groups in total. The Labute approximate surface area is 253 Å². The molecule has 42 heavy (non-hydrogen) atoms. The Morgan fingerprint density at radius 3 is 1.95 bits per heavy atom. The number of hydrogen-bond acceptors (Lipinski definition) is 4. The van der Waals surface area contributed by atoms with E-state index >= 15 is 0 Å². The second-order valence-electron chi connectivity index (χ2n) is 11.0. The van der Waals surface area contributed by atoms with E-state index in [1.54, 1.807) is 0 Å². The number of rotatable bonds is 5. The molecule has 2 heterocycles. The number of hydrogen-bond donors (Lipinski definition) is 3. The standard InChI is InChI=1S/C34H38N6OS/c1-23-15-16-30(24(2)21-23)37-33(42)39-32(38-31-35-25(3)22-26(4)36-31)40-19-17-29(18-20-40)34(41,27-11-7-5-8-12-27)28-13-9-6-10-14-28/h5-16,21-22,29,41H,17-20H2,1-4H3,(H2,35,36,37,38,39,42). The fourth-order valence-corrected chi connectivity index (χ4v) is 5.98. The molecule has 3 aromatic carbocycles. The van der Waals surface area contributed by atoms with Crippen molar-refractivity contribution in [1.82, 2.24) is 14.9 Å². The third-order valence-electron chi connectivity index (χ3n) is 7.85. The van der Waals surface area contributed by atoms with Crippen LogP contribution >= 0.6 is 12.2 Å². The lowest BCUT2D eigenvalue weighted by Gasteiger charge is -2.43. The third-order valence-corrected chi connectivity index (χ3v) is 8.04. The number of piperidine rings is 1. The minimum absolute atomic E-state index is 0.0116. The molecule has 0 bridgehead atoms. The van der Waals surface area contributed by atoms with Gasteiger partial charge in [-0.15, -0.1) is 0 Å². The van der Waals surface area contributed by atoms with Gasteiger partial charge in [0.1, 0.15) is 5.60 Å². The van der Waals surface area contributed by atoms with Crippen molar-refractivity contribution in [3.63, 3.8) is 0 Å². The molecule has 4 aromatic rings. The van der Waals surface area contributed by atoms with Crippen LogP contribution < -0.4 is 10.6 Å². The molecule has 0 spiro atoms. The number of nitrogens with one attached hydrogen (secondary N) is 2. The topological polar surface area (TPSA) is 85.7 Å². The van der Waals surface area contributed by atoms with Gasteiger partial charge in [0.2, 0.25) is 17.0 Å². The van der Waals surface area contributed by atoms with E-state index < -0.39 is 5.60 Å². The number of nitrogens with zero attached hydrogens (tertiary/aromatic N) is 4. The molecule has 5 rings (SSSR count). The zero-order valence-electron chi connectivity index (χ0n) is 24.6. The molecule has 1 aromatic heterocycles. The molecule has 0 atom stereocenters. The summed E-state index contributed by atoms with van der Waals surface area (Å²) in [6.07, 6.45) is 1.51. The average molecular weight is 579 g/mol. The molecule has 1 aliphatic rings. The number of benzene rings is 3. The quantitative estimate of drug-likeness (QED) is 0.141. The molecular weight excluding hydrogens is 540 g/mol. The number of aromatic nitrogens is 2. The first kappa shape index (κ1) is 29.4. The molecule has 216 valence electrons. The SMILES string of the molecule is Cc1ccc(NC(=S)/N=C(/Nc2nc(C)cc(C)n2)N2CCC(C(O)(c3ccccc3)c3ccccc3)CC2)c(C)c1. The number of thiocarbonyl (C=S) groups is 1. The van der Waals surface area contributed by atoms with Crippen LogP contribution in [0, 0.1) is 33.6 Å². The van der Waals surface area contributed by atoms with Gasteiger partial charge in [-0.3, -0.25) is 5.32 Å². The lowest BCUT2D eigenvalue weighted by atomic mass is 9.72. The number of anilines is 2. The largest absolute Gasteiger partial charge is 0.380 e. The maximum Gasteiger partial charge on any atom is 0.229 e. The van der Waals surface area contributed by atoms with Crippen molar-refractivity contribution in [1.29, 1.82) is 0 Å². The summed E-state index contributed by atoms with van der Waals surface area (Å²) in [5.41, 5.74) is 5.66. The van der Waals surface area contributed by atoms with E-state index in [9.17, 15) is 5.11 Å². The van der Waals surface area contributed by atoms with Gasteiger partial charge in [0.05, 0.1) is 0 Å². The molecule has 0 saturated carbocycles. The summed E-state index contributed by atoms with van der Waals surface area (Å²) in [6, 6.07) is 28.1. The summed E-state index contributed by atoms with van der Waals surface area (Å²) >= 11 is 5.71. The van der Waals surface area contributed by atoms with E-state index in [4.69, 9.17) is 17.2 Å². The smallest absolute Gasteiger partial charge is 0.229 e. The first-order valence-corrected chi connectivity index (χ1v) is 14.8. The van der Waals surface area contributed by atoms with Gasteiger partial charge in [0, 0.05) is 30.2 Å². The monoisotopic (exact) mass is 578 g/mol. The zero-order chi connectivity index (χ0) is 29.7. The van der Waals surface area contributed by atoms with E-state index in [-0.39, 0.29) is 5.92 Å². The zero-order valence-corrected chi connectivity index (χ0v) is 25.4. The van der Waals surface area contributed by atoms with Gasteiger partial charge in [-0.05, 0) is 87.5 Å². The molecule has 0 aliphatic carbocycles. The van der Waals surface area contributed by atoms with E-state index in [0.717, 1.165) is 46.6 Å². The van der Waals surface area contributed by atoms with E-state index in [0.29, 0.717) is 30.1 Å². The lowest BCUT2D eigenvalue weighted by Crippen LogP contribution is -2.48. The molecular formula is C34H38N6OS. The Balaban J connectivity index is 1.41. The molecule has 1 aliphatic heterocycles. The van der Waals surface area contributed by atoms with Crippen LogP contribution in [-0.2, 0) is 5.60 Å². The molecule has 0 amide bonds. The Morgan fingerprint density at radius 2 is 1.40 bits per heavy atom. The Bertz CT molecular complexity index is 1510. The van der Waals surface area contributed by atoms with Gasteiger partial charge < -0.3 is 15.3 Å². The van der Waals surface area contributed by atoms with Crippen LogP contribution in [-0.4, -0.2) is 44.1 Å². The highest BCUT2D eigenvalue weighted by Gasteiger charge is 2.42. The van der Waals surface area contributed by atoms with E-state index in [1.807, 2.05) is 86.6 Å². The van der Waals surface area contributed by atoms with Crippen LogP contribution in [0.15, 0.2) is 89.9 Å². The number of aryl methyl sites for hydroxylation is 4. The summed E-state index contributed by atoms with van der Waals surface area (Å²) in [7, 11) is 0. The van der Waals surface area contributed by atoms with Crippen molar-refractivity contribution < 1.29 is 5.11 Å². The number of aliphatic hydroxyl groups is 1. The second kappa shape index (κ2) is 12.8. The fraction of sp³-hybridized carbons (Fsp3) is 0.294. The molecule has 0 radical (unpaired) electrons. The van der Waals surface area contributed by atoms with E-state index in [2.05, 4.69) is 51.5 Å². The van der Waals surface area contributed by atoms with Crippen LogP contribution in [0.25, 0.3) is 0 Å². The van der Waals surface area contributed by atoms with Crippen LogP contribution in [0.2, 0.25) is 0 Å². The second-order valence-corrected chi connectivity index (χ2v) is 11.4. The highest BCUT2D eigenvalue weighted by atomic mass is 32.1. The normalized spacial score (nSPS) is 14.5. The first-order chi connectivity index (χ1) is 20.2. The summed E-state index contributed by atoms with van der Waals surface area (Å²) in [5, 5.41) is 19.3. The van der Waals surface area contributed by atoms with Crippen molar-refractivity contribution in [2.24, 2.45) is 10.9 Å². The number of aliphatic imine (C=N–C) groups is 1. The highest BCUT2D eigenvalue weighted by Crippen LogP contribution is 2.42. The summed E-state index contributed by atoms with van der Waals surface area (Å²) in [6.45, 7) is 9.37. The first-order valence-electron chi connectivity index (χ1n) is 14.4. The minimum atomic E-state index is -1.10. The number of guanidine groups is 1. The molecule has 1 saturated heterocycles. The Morgan fingerprint density at radius 1 is 0.833 bits per heavy atom. The van der Waals surface area contributed by atoms with Crippen molar-refractivity contribution in [2.75, 3.05) is 23.7 Å². The fourth-order valence-electron chi connectivity index (χ4n) is 5.78. The van der Waals surface area contributed by atoms with Crippen LogP contribution in [0.1, 0.15) is 46.5 Å². The Hall–Kier alpha value is -4.14. The molecule has 8 heteroatoms. The Kier molecular flexibility index (Phi) is 8.94. The summed E-state index contributed by atoms with van der Waals surface area (Å²) < 4.78 is 0. The lowest BCUT2D eigenvalue weighted by molar-refractivity contribution is -0.00653. The van der Waals surface area contributed by atoms with Gasteiger partial charge in [0.15, 0.2) is 0 Å². The van der Waals surface area contributed by atoms with Crippen molar-refractivity contribution >= 4 is 34.9 Å². The maximum absolute atomic E-state index is 12.3. The van der Waals surface area contributed by atoms with Gasteiger partial charge in [0.25, 0.3) is 0 Å². The third kappa shape index (κ3) is 6.66. The van der Waals surface area contributed by atoms with Crippen molar-refractivity contribution in [3.05, 3.63) is 119 Å². The van der Waals surface area contributed by atoms with Gasteiger partial charge in [-0.25, -0.2) is 9.97 Å². The minimum Gasteiger partial charge on any atom is -0.380 e. The van der Waals surface area contributed by atoms with E-state index in [1.165, 1.54) is 5.56 Å². The maximum atomic E-state index is 12.3. The van der Waals surface area contributed by atoms with Crippen LogP contribution in [0.5, 0.6) is 0 Å². The summed E-state index contributed by atoms with van der Waals surface area (Å²) in [5.74, 6) is 1.08. The average Bonchev–Trinajstić information content (AvgIpc) is 2.98. The predicted molar refractivity (Wildman–Crippen MR) is 175 cm³/mol. The highest BCUT2D eigenvalue weighted by molar-refractivity contribution is 7.80. The molecule has 1 fully saturated rings. The van der Waals surface area contributed by atoms with Crippen molar-refractivity contribution in [2.45, 2.75) is 46.1 Å². The summed E-state index contributed by atoms with van der Waals surface area (Å²) in [4.78, 5) is 16.2. The van der Waals surface area contributed by atoms with Crippen LogP contribution in [0.3, 0.4) is 0 Å². The van der Waals surface area contributed by atoms with Crippen molar-refractivity contribution in [3.8, 4) is 0 Å². The molecule has 0 unspecified atom stereocenters. The molecule has 7 nitrogen and oxygen atoms in total. The van der Waals surface area contributed by atoms with Gasteiger partial charge in [-0.2, -0.15) is 4.99 Å².